The lowest BCUT2D eigenvalue weighted by Gasteiger charge is -2.14. The lowest BCUT2D eigenvalue weighted by molar-refractivity contribution is -0.123. The van der Waals surface area contributed by atoms with Gasteiger partial charge in [0, 0.05) is 11.9 Å². The van der Waals surface area contributed by atoms with E-state index in [0.717, 1.165) is 0 Å². The zero-order chi connectivity index (χ0) is 18.4. The molecule has 6 nitrogen and oxygen atoms in total. The van der Waals surface area contributed by atoms with Gasteiger partial charge in [0.2, 0.25) is 0 Å². The molecule has 0 aromatic heterocycles. The van der Waals surface area contributed by atoms with Crippen molar-refractivity contribution in [2.75, 3.05) is 18.7 Å². The fourth-order valence-electron chi connectivity index (χ4n) is 2.08. The van der Waals surface area contributed by atoms with E-state index in [1.54, 1.807) is 49.6 Å². The molecule has 0 unspecified atom stereocenters. The molecule has 0 saturated carbocycles. The molecular weight excluding hydrogens is 342 g/mol. The zero-order valence-electron chi connectivity index (χ0n) is 14.1. The number of benzene rings is 2. The van der Waals surface area contributed by atoms with E-state index in [9.17, 15) is 13.8 Å². The molecule has 132 valence electrons. The maximum Gasteiger partial charge on any atom is 0.340 e. The first-order chi connectivity index (χ1) is 11.9. The molecule has 0 aliphatic carbocycles. The van der Waals surface area contributed by atoms with Crippen LogP contribution in [0.15, 0.2) is 53.4 Å². The molecule has 2 rings (SSSR count). The number of amides is 1. The molecule has 1 N–H and O–H groups in total. The Bertz CT molecular complexity index is 788. The summed E-state index contributed by atoms with van der Waals surface area (Å²) in [7, 11) is 0.217. The third kappa shape index (κ3) is 4.90. The molecule has 7 heteroatoms. The molecular formula is C18H19NO5S. The fourth-order valence-corrected chi connectivity index (χ4v) is 2.81. The van der Waals surface area contributed by atoms with Crippen LogP contribution in [0.1, 0.15) is 17.3 Å². The van der Waals surface area contributed by atoms with Gasteiger partial charge in [-0.15, -0.1) is 0 Å². The van der Waals surface area contributed by atoms with Crippen LogP contribution in [-0.2, 0) is 20.3 Å². The maximum atomic E-state index is 12.3. The molecule has 0 bridgehead atoms. The van der Waals surface area contributed by atoms with Crippen LogP contribution in [0.5, 0.6) is 5.75 Å². The first kappa shape index (κ1) is 18.7. The van der Waals surface area contributed by atoms with Crippen LogP contribution in [0.2, 0.25) is 0 Å². The van der Waals surface area contributed by atoms with Gasteiger partial charge in [0.1, 0.15) is 5.75 Å². The highest BCUT2D eigenvalue weighted by molar-refractivity contribution is 7.84. The summed E-state index contributed by atoms with van der Waals surface area (Å²) in [4.78, 5) is 24.8. The molecule has 0 radical (unpaired) electrons. The van der Waals surface area contributed by atoms with Gasteiger partial charge in [-0.25, -0.2) is 4.79 Å². The standard InChI is InChI=1S/C18H19NO5S/c1-12(17(20)19-13-8-10-14(23-2)11-9-13)24-18(21)15-6-4-5-7-16(15)25(3)22/h4-12H,1-3H3,(H,19,20)/t12-,25-/m1/s1. The Kier molecular flexibility index (Phi) is 6.30. The average Bonchev–Trinajstić information content (AvgIpc) is 2.62. The van der Waals surface area contributed by atoms with Crippen molar-refractivity contribution in [2.45, 2.75) is 17.9 Å². The highest BCUT2D eigenvalue weighted by Gasteiger charge is 2.21. The molecule has 0 spiro atoms. The maximum absolute atomic E-state index is 12.3. The van der Waals surface area contributed by atoms with E-state index >= 15 is 0 Å². The normalized spacial score (nSPS) is 12.8. The largest absolute Gasteiger partial charge is 0.497 e. The first-order valence-electron chi connectivity index (χ1n) is 7.50. The summed E-state index contributed by atoms with van der Waals surface area (Å²) in [6, 6.07) is 13.2. The van der Waals surface area contributed by atoms with Crippen LogP contribution in [0.3, 0.4) is 0 Å². The van der Waals surface area contributed by atoms with E-state index in [2.05, 4.69) is 5.32 Å². The minimum Gasteiger partial charge on any atom is -0.497 e. The van der Waals surface area contributed by atoms with Crippen LogP contribution in [0, 0.1) is 0 Å². The number of carbonyl (C=O) groups excluding carboxylic acids is 2. The molecule has 0 aliphatic rings. The molecule has 25 heavy (non-hydrogen) atoms. The van der Waals surface area contributed by atoms with E-state index in [1.807, 2.05) is 0 Å². The van der Waals surface area contributed by atoms with E-state index < -0.39 is 28.8 Å². The summed E-state index contributed by atoms with van der Waals surface area (Å²) >= 11 is 0. The zero-order valence-corrected chi connectivity index (χ0v) is 15.0. The average molecular weight is 361 g/mol. The molecule has 2 atom stereocenters. The molecule has 2 aromatic rings. The van der Waals surface area contributed by atoms with Gasteiger partial charge in [0.15, 0.2) is 6.10 Å². The summed E-state index contributed by atoms with van der Waals surface area (Å²) in [5.41, 5.74) is 0.746. The highest BCUT2D eigenvalue weighted by atomic mass is 32.2. The number of methoxy groups -OCH3 is 1. The van der Waals surface area contributed by atoms with E-state index in [4.69, 9.17) is 9.47 Å². The smallest absolute Gasteiger partial charge is 0.340 e. The third-order valence-electron chi connectivity index (χ3n) is 3.43. The van der Waals surface area contributed by atoms with Crippen molar-refractivity contribution < 1.29 is 23.3 Å². The molecule has 1 amide bonds. The molecule has 0 aliphatic heterocycles. The quantitative estimate of drug-likeness (QED) is 0.800. The van der Waals surface area contributed by atoms with Crippen LogP contribution in [0.4, 0.5) is 5.69 Å². The topological polar surface area (TPSA) is 81.7 Å². The number of anilines is 1. The Morgan fingerprint density at radius 3 is 2.32 bits per heavy atom. The summed E-state index contributed by atoms with van der Waals surface area (Å²) in [5, 5.41) is 2.66. The number of nitrogens with one attached hydrogen (secondary N) is 1. The van der Waals surface area contributed by atoms with Crippen molar-refractivity contribution in [1.29, 1.82) is 0 Å². The predicted molar refractivity (Wildman–Crippen MR) is 95.3 cm³/mol. The third-order valence-corrected chi connectivity index (χ3v) is 4.40. The van der Waals surface area contributed by atoms with Crippen molar-refractivity contribution in [2.24, 2.45) is 0 Å². The lowest BCUT2D eigenvalue weighted by Crippen LogP contribution is -2.30. The molecule has 0 fully saturated rings. The van der Waals surface area contributed by atoms with Gasteiger partial charge in [-0.05, 0) is 43.3 Å². The van der Waals surface area contributed by atoms with E-state index in [1.165, 1.54) is 19.2 Å². The van der Waals surface area contributed by atoms with Crippen LogP contribution in [0.25, 0.3) is 0 Å². The number of rotatable bonds is 6. The molecule has 0 saturated heterocycles. The van der Waals surface area contributed by atoms with Gasteiger partial charge in [-0.3, -0.25) is 9.00 Å². The predicted octanol–water partition coefficient (Wildman–Crippen LogP) is 2.62. The Labute approximate surface area is 148 Å². The summed E-state index contributed by atoms with van der Waals surface area (Å²) < 4.78 is 21.9. The van der Waals surface area contributed by atoms with Crippen molar-refractivity contribution >= 4 is 28.4 Å². The second-order valence-corrected chi connectivity index (χ2v) is 6.56. The summed E-state index contributed by atoms with van der Waals surface area (Å²) in [6.45, 7) is 1.47. The number of ether oxygens (including phenoxy) is 2. The SMILES string of the molecule is COc1ccc(NC(=O)[C@@H](C)OC(=O)c2ccccc2[S@@](C)=O)cc1. The number of hydrogen-bond donors (Lipinski definition) is 1. The molecule has 2 aromatic carbocycles. The van der Waals surface area contributed by atoms with Crippen molar-refractivity contribution in [1.82, 2.24) is 0 Å². The van der Waals surface area contributed by atoms with Gasteiger partial charge in [0.05, 0.1) is 28.4 Å². The van der Waals surface area contributed by atoms with Gasteiger partial charge < -0.3 is 14.8 Å². The second kappa shape index (κ2) is 8.43. The van der Waals surface area contributed by atoms with E-state index in [0.29, 0.717) is 16.3 Å². The van der Waals surface area contributed by atoms with Gasteiger partial charge >= 0.3 is 5.97 Å². The van der Waals surface area contributed by atoms with Gasteiger partial charge in [-0.1, -0.05) is 12.1 Å². The Balaban J connectivity index is 2.03. The Morgan fingerprint density at radius 2 is 1.72 bits per heavy atom. The lowest BCUT2D eigenvalue weighted by atomic mass is 10.2. The first-order valence-corrected chi connectivity index (χ1v) is 9.06. The Hall–Kier alpha value is -2.67. The summed E-state index contributed by atoms with van der Waals surface area (Å²) in [6.07, 6.45) is 0.472. The number of esters is 1. The van der Waals surface area contributed by atoms with Crippen LogP contribution >= 0.6 is 0 Å². The monoisotopic (exact) mass is 361 g/mol. The van der Waals surface area contributed by atoms with Crippen LogP contribution < -0.4 is 10.1 Å². The second-order valence-electron chi connectivity index (χ2n) is 5.22. The number of carbonyl (C=O) groups is 2. The Morgan fingerprint density at radius 1 is 1.08 bits per heavy atom. The van der Waals surface area contributed by atoms with Crippen molar-refractivity contribution in [3.8, 4) is 5.75 Å². The van der Waals surface area contributed by atoms with Gasteiger partial charge in [0.25, 0.3) is 5.91 Å². The highest BCUT2D eigenvalue weighted by Crippen LogP contribution is 2.17. The minimum atomic E-state index is -1.33. The fraction of sp³-hybridized carbons (Fsp3) is 0.222. The van der Waals surface area contributed by atoms with E-state index in [-0.39, 0.29) is 5.56 Å². The van der Waals surface area contributed by atoms with Crippen molar-refractivity contribution in [3.63, 3.8) is 0 Å². The number of hydrogen-bond acceptors (Lipinski definition) is 5. The van der Waals surface area contributed by atoms with Gasteiger partial charge in [-0.2, -0.15) is 0 Å². The van der Waals surface area contributed by atoms with Crippen molar-refractivity contribution in [3.05, 3.63) is 54.1 Å². The summed E-state index contributed by atoms with van der Waals surface area (Å²) in [5.74, 6) is -0.488. The molecule has 0 heterocycles. The van der Waals surface area contributed by atoms with Crippen LogP contribution in [-0.4, -0.2) is 35.6 Å². The minimum absolute atomic E-state index is 0.187.